The van der Waals surface area contributed by atoms with Gasteiger partial charge in [0, 0.05) is 31.2 Å². The molecule has 8 nitrogen and oxygen atoms in total. The zero-order valence-corrected chi connectivity index (χ0v) is 14.0. The van der Waals surface area contributed by atoms with E-state index >= 15 is 0 Å². The number of hydrogen-bond acceptors (Lipinski definition) is 6. The van der Waals surface area contributed by atoms with E-state index in [4.69, 9.17) is 4.74 Å². The molecule has 24 heavy (non-hydrogen) atoms. The minimum absolute atomic E-state index is 0.0675. The quantitative estimate of drug-likeness (QED) is 0.855. The minimum Gasteiger partial charge on any atom is -0.379 e. The van der Waals surface area contributed by atoms with Gasteiger partial charge >= 0.3 is 0 Å². The fraction of sp³-hybridized carbons (Fsp3) is 0.500. The minimum atomic E-state index is -0.0675. The van der Waals surface area contributed by atoms with Crippen LogP contribution in [0, 0.1) is 6.92 Å². The third kappa shape index (κ3) is 3.95. The molecule has 1 aliphatic heterocycles. The first kappa shape index (κ1) is 16.5. The van der Waals surface area contributed by atoms with Gasteiger partial charge in [0.15, 0.2) is 0 Å². The summed E-state index contributed by atoms with van der Waals surface area (Å²) < 4.78 is 6.92. The third-order valence-corrected chi connectivity index (χ3v) is 4.07. The van der Waals surface area contributed by atoms with Gasteiger partial charge in [-0.05, 0) is 48.0 Å². The lowest BCUT2D eigenvalue weighted by Gasteiger charge is -2.29. The average molecular weight is 330 g/mol. The number of aromatic nitrogens is 4. The molecule has 0 saturated carbocycles. The Morgan fingerprint density at radius 3 is 2.83 bits per heavy atom. The van der Waals surface area contributed by atoms with E-state index in [-0.39, 0.29) is 11.9 Å². The number of aryl methyl sites for hydroxylation is 1. The van der Waals surface area contributed by atoms with Crippen LogP contribution in [0.1, 0.15) is 22.8 Å². The first-order valence-corrected chi connectivity index (χ1v) is 8.08. The molecule has 8 heteroatoms. The summed E-state index contributed by atoms with van der Waals surface area (Å²) in [5, 5.41) is 14.2. The Balaban J connectivity index is 1.61. The van der Waals surface area contributed by atoms with Crippen molar-refractivity contribution in [2.24, 2.45) is 0 Å². The molecule has 1 aliphatic rings. The van der Waals surface area contributed by atoms with Crippen LogP contribution < -0.4 is 5.32 Å². The second-order valence-electron chi connectivity index (χ2n) is 6.04. The van der Waals surface area contributed by atoms with E-state index in [0.29, 0.717) is 5.56 Å². The SMILES string of the molecule is Cc1cc(C(=O)NC(C)CN2CCOCC2)ccc1-n1cnnn1. The van der Waals surface area contributed by atoms with Gasteiger partial charge in [-0.25, -0.2) is 4.68 Å². The maximum absolute atomic E-state index is 12.4. The van der Waals surface area contributed by atoms with Crippen molar-refractivity contribution in [3.05, 3.63) is 35.7 Å². The van der Waals surface area contributed by atoms with Crippen molar-refractivity contribution < 1.29 is 9.53 Å². The largest absolute Gasteiger partial charge is 0.379 e. The van der Waals surface area contributed by atoms with E-state index in [0.717, 1.165) is 44.1 Å². The molecular weight excluding hydrogens is 308 g/mol. The van der Waals surface area contributed by atoms with Gasteiger partial charge < -0.3 is 10.1 Å². The second-order valence-corrected chi connectivity index (χ2v) is 6.04. The second kappa shape index (κ2) is 7.50. The summed E-state index contributed by atoms with van der Waals surface area (Å²) in [6, 6.07) is 5.58. The number of benzene rings is 1. The topological polar surface area (TPSA) is 85.2 Å². The zero-order valence-electron chi connectivity index (χ0n) is 14.0. The van der Waals surface area contributed by atoms with Crippen molar-refractivity contribution in [2.75, 3.05) is 32.8 Å². The van der Waals surface area contributed by atoms with Gasteiger partial charge in [-0.15, -0.1) is 5.10 Å². The summed E-state index contributed by atoms with van der Waals surface area (Å²) in [4.78, 5) is 14.8. The maximum Gasteiger partial charge on any atom is 0.251 e. The standard InChI is InChI=1S/C16H22N6O2/c1-12-9-14(3-4-15(12)22-11-17-19-20-22)16(23)18-13(2)10-21-5-7-24-8-6-21/h3-4,9,11,13H,5-8,10H2,1-2H3,(H,18,23). The monoisotopic (exact) mass is 330 g/mol. The van der Waals surface area contributed by atoms with Crippen LogP contribution in [0.15, 0.2) is 24.5 Å². The van der Waals surface area contributed by atoms with Gasteiger partial charge in [0.1, 0.15) is 6.33 Å². The first-order valence-electron chi connectivity index (χ1n) is 8.08. The van der Waals surface area contributed by atoms with Gasteiger partial charge in [0.05, 0.1) is 18.9 Å². The highest BCUT2D eigenvalue weighted by atomic mass is 16.5. The van der Waals surface area contributed by atoms with Gasteiger partial charge in [-0.2, -0.15) is 0 Å². The van der Waals surface area contributed by atoms with Crippen LogP contribution in [0.4, 0.5) is 0 Å². The van der Waals surface area contributed by atoms with Crippen molar-refractivity contribution in [3.8, 4) is 5.69 Å². The van der Waals surface area contributed by atoms with Crippen molar-refractivity contribution in [1.29, 1.82) is 0 Å². The lowest BCUT2D eigenvalue weighted by molar-refractivity contribution is 0.0342. The molecule has 3 rings (SSSR count). The molecule has 1 saturated heterocycles. The number of nitrogens with one attached hydrogen (secondary N) is 1. The van der Waals surface area contributed by atoms with Crippen molar-refractivity contribution in [2.45, 2.75) is 19.9 Å². The summed E-state index contributed by atoms with van der Waals surface area (Å²) in [6.45, 7) is 8.15. The summed E-state index contributed by atoms with van der Waals surface area (Å²) in [7, 11) is 0. The van der Waals surface area contributed by atoms with Crippen LogP contribution in [0.2, 0.25) is 0 Å². The summed E-state index contributed by atoms with van der Waals surface area (Å²) in [5.74, 6) is -0.0675. The van der Waals surface area contributed by atoms with Crippen LogP contribution in [0.5, 0.6) is 0 Å². The molecule has 1 N–H and O–H groups in total. The predicted molar refractivity (Wildman–Crippen MR) is 88.1 cm³/mol. The molecule has 0 radical (unpaired) electrons. The number of carbonyl (C=O) groups excluding carboxylic acids is 1. The van der Waals surface area contributed by atoms with Crippen molar-refractivity contribution >= 4 is 5.91 Å². The number of nitrogens with zero attached hydrogens (tertiary/aromatic N) is 5. The van der Waals surface area contributed by atoms with Crippen LogP contribution in [0.25, 0.3) is 5.69 Å². The molecule has 1 aromatic carbocycles. The molecule has 0 aliphatic carbocycles. The molecule has 1 fully saturated rings. The normalized spacial score (nSPS) is 16.8. The predicted octanol–water partition coefficient (Wildman–Crippen LogP) is 0.421. The molecule has 1 aromatic heterocycles. The van der Waals surface area contributed by atoms with Crippen LogP contribution >= 0.6 is 0 Å². The van der Waals surface area contributed by atoms with E-state index in [1.165, 1.54) is 6.33 Å². The lowest BCUT2D eigenvalue weighted by atomic mass is 10.1. The van der Waals surface area contributed by atoms with Gasteiger partial charge in [0.25, 0.3) is 5.91 Å². The van der Waals surface area contributed by atoms with E-state index in [1.54, 1.807) is 10.7 Å². The molecule has 2 aromatic rings. The summed E-state index contributed by atoms with van der Waals surface area (Å²) >= 11 is 0. The third-order valence-electron chi connectivity index (χ3n) is 4.07. The van der Waals surface area contributed by atoms with Crippen LogP contribution in [0.3, 0.4) is 0 Å². The number of ether oxygens (including phenoxy) is 1. The Bertz CT molecular complexity index is 682. The highest BCUT2D eigenvalue weighted by Crippen LogP contribution is 2.14. The van der Waals surface area contributed by atoms with E-state index in [1.807, 2.05) is 26.0 Å². The van der Waals surface area contributed by atoms with Gasteiger partial charge in [-0.1, -0.05) is 0 Å². The molecule has 0 spiro atoms. The Labute approximate surface area is 140 Å². The number of hydrogen-bond donors (Lipinski definition) is 1. The van der Waals surface area contributed by atoms with Crippen molar-refractivity contribution in [1.82, 2.24) is 30.4 Å². The van der Waals surface area contributed by atoms with E-state index in [2.05, 4.69) is 25.7 Å². The molecule has 128 valence electrons. The Kier molecular flexibility index (Phi) is 5.17. The fourth-order valence-corrected chi connectivity index (χ4v) is 2.85. The highest BCUT2D eigenvalue weighted by Gasteiger charge is 2.16. The van der Waals surface area contributed by atoms with E-state index in [9.17, 15) is 4.79 Å². The van der Waals surface area contributed by atoms with Gasteiger partial charge in [0.2, 0.25) is 0 Å². The maximum atomic E-state index is 12.4. The van der Waals surface area contributed by atoms with Crippen molar-refractivity contribution in [3.63, 3.8) is 0 Å². The Morgan fingerprint density at radius 1 is 1.38 bits per heavy atom. The molecule has 2 heterocycles. The molecule has 1 atom stereocenters. The van der Waals surface area contributed by atoms with E-state index < -0.39 is 0 Å². The number of carbonyl (C=O) groups is 1. The zero-order chi connectivity index (χ0) is 16.9. The lowest BCUT2D eigenvalue weighted by Crippen LogP contribution is -2.46. The number of morpholine rings is 1. The number of amides is 1. The molecule has 0 bridgehead atoms. The first-order chi connectivity index (χ1) is 11.6. The smallest absolute Gasteiger partial charge is 0.251 e. The summed E-state index contributed by atoms with van der Waals surface area (Å²) in [5.41, 5.74) is 2.44. The summed E-state index contributed by atoms with van der Waals surface area (Å²) in [6.07, 6.45) is 1.53. The average Bonchev–Trinajstić information content (AvgIpc) is 3.09. The van der Waals surface area contributed by atoms with Gasteiger partial charge in [-0.3, -0.25) is 9.69 Å². The Hall–Kier alpha value is -2.32. The highest BCUT2D eigenvalue weighted by molar-refractivity contribution is 5.94. The number of tetrazole rings is 1. The molecular formula is C16H22N6O2. The molecule has 1 amide bonds. The van der Waals surface area contributed by atoms with Crippen LogP contribution in [-0.2, 0) is 4.74 Å². The number of rotatable bonds is 5. The Morgan fingerprint density at radius 2 is 2.17 bits per heavy atom. The van der Waals surface area contributed by atoms with Crippen LogP contribution in [-0.4, -0.2) is 69.9 Å². The molecule has 1 unspecified atom stereocenters. The fourth-order valence-electron chi connectivity index (χ4n) is 2.85.